The van der Waals surface area contributed by atoms with Gasteiger partial charge >= 0.3 is 18.2 Å². The molecule has 4 heterocycles. The molecule has 2 atom stereocenters. The molecule has 2 aromatic carbocycles. The summed E-state index contributed by atoms with van der Waals surface area (Å²) >= 11 is 0. The van der Waals surface area contributed by atoms with Crippen LogP contribution in [0.3, 0.4) is 0 Å². The van der Waals surface area contributed by atoms with Gasteiger partial charge in [-0.05, 0) is 185 Å². The van der Waals surface area contributed by atoms with Gasteiger partial charge in [-0.2, -0.15) is 0 Å². The quantitative estimate of drug-likeness (QED) is 0.136. The van der Waals surface area contributed by atoms with E-state index >= 15 is 0 Å². The Morgan fingerprint density at radius 2 is 1.09 bits per heavy atom. The van der Waals surface area contributed by atoms with Crippen molar-refractivity contribution < 1.29 is 33.8 Å². The summed E-state index contributed by atoms with van der Waals surface area (Å²) < 4.78 is 10.8. The highest BCUT2D eigenvalue weighted by Crippen LogP contribution is 2.49. The van der Waals surface area contributed by atoms with Crippen molar-refractivity contribution in [3.63, 3.8) is 0 Å². The van der Waals surface area contributed by atoms with E-state index in [-0.39, 0.29) is 30.1 Å². The van der Waals surface area contributed by atoms with Crippen molar-refractivity contribution in [3.8, 4) is 0 Å². The summed E-state index contributed by atoms with van der Waals surface area (Å²) in [5.41, 5.74) is 7.28. The van der Waals surface area contributed by atoms with Gasteiger partial charge in [-0.1, -0.05) is 36.4 Å². The number of fused-ring (bicyclic) bond motifs is 6. The van der Waals surface area contributed by atoms with Crippen LogP contribution >= 0.6 is 0 Å². The molecule has 4 aromatic rings. The number of aromatic amines is 2. The maximum atomic E-state index is 13.7. The molecule has 0 spiro atoms. The smallest absolute Gasteiger partial charge is 0.410 e. The number of carboxylic acids is 1. The van der Waals surface area contributed by atoms with Crippen LogP contribution in [0.4, 0.5) is 9.59 Å². The van der Waals surface area contributed by atoms with Crippen LogP contribution in [0.25, 0.3) is 21.8 Å². The SMILES string of the molecule is CN(CC1CCC(C(=O)N2CCc3c([nH]c4ccccc34)C2C2CC2)CC1)C(=O)OC(C)(C)C.CN(CC1CCC(C(=O)O)CC1)C(=O)OC(C)(C)C.c1ccc2c3c([nH]c2c1)C(C1CC1)NCC3. The Labute approximate surface area is 409 Å². The zero-order chi connectivity index (χ0) is 49.2. The molecule has 2 aromatic heterocycles. The first-order valence-corrected chi connectivity index (χ1v) is 26.2. The minimum absolute atomic E-state index is 0.107. The number of benzene rings is 2. The van der Waals surface area contributed by atoms with Crippen molar-refractivity contribution in [3.05, 3.63) is 71.0 Å². The predicted octanol–water partition coefficient (Wildman–Crippen LogP) is 11.2. The number of aliphatic carboxylic acids is 1. The van der Waals surface area contributed by atoms with E-state index in [1.165, 1.54) is 70.9 Å². The second-order valence-electron chi connectivity index (χ2n) is 23.2. The molecule has 4 saturated carbocycles. The van der Waals surface area contributed by atoms with Gasteiger partial charge in [0.05, 0.1) is 18.0 Å². The van der Waals surface area contributed by atoms with Crippen LogP contribution in [-0.2, 0) is 31.9 Å². The average molecular weight is 949 g/mol. The lowest BCUT2D eigenvalue weighted by Gasteiger charge is -2.40. The van der Waals surface area contributed by atoms with E-state index in [2.05, 4.69) is 68.7 Å². The van der Waals surface area contributed by atoms with Crippen molar-refractivity contribution in [2.45, 2.75) is 155 Å². The number of ether oxygens (including phenoxy) is 2. The third kappa shape index (κ3) is 12.7. The third-order valence-electron chi connectivity index (χ3n) is 15.3. The van der Waals surface area contributed by atoms with Gasteiger partial charge in [0.25, 0.3) is 0 Å². The number of amides is 3. The van der Waals surface area contributed by atoms with Crippen LogP contribution in [0.1, 0.15) is 153 Å². The molecule has 0 radical (unpaired) electrons. The standard InChI is InChI=1S/C28H39N3O3.C14H16N2.C14H25NO4/c1-28(2,3)34-27(33)30(4)17-18-9-11-20(12-10-18)26(32)31-16-15-22-21-7-5-6-8-23(21)29-24(22)25(31)19-13-14-19;1-2-4-12-10(3-1)11-7-8-15-13(9-5-6-9)14(11)16-12;1-14(2,3)19-13(18)15(4)9-10-5-7-11(8-6-10)12(16)17/h5-8,18-20,25,29H,9-17H2,1-4H3;1-4,9,13,15-16H,5-8H2;10-11H,5-9H2,1-4H3,(H,16,17). The summed E-state index contributed by atoms with van der Waals surface area (Å²) in [5.74, 6) is 1.84. The minimum Gasteiger partial charge on any atom is -0.481 e. The summed E-state index contributed by atoms with van der Waals surface area (Å²) in [6, 6.07) is 18.1. The number of hydrogen-bond donors (Lipinski definition) is 4. The average Bonchev–Trinajstić information content (AvgIpc) is 4.26. The lowest BCUT2D eigenvalue weighted by Crippen LogP contribution is -2.45. The summed E-state index contributed by atoms with van der Waals surface area (Å²) in [6.45, 7) is 14.5. The zero-order valence-electron chi connectivity index (χ0n) is 42.7. The highest BCUT2D eigenvalue weighted by Gasteiger charge is 2.45. The first kappa shape index (κ1) is 50.4. The van der Waals surface area contributed by atoms with Gasteiger partial charge in [0, 0.05) is 72.8 Å². The van der Waals surface area contributed by atoms with E-state index in [0.29, 0.717) is 55.6 Å². The minimum atomic E-state index is -0.695. The van der Waals surface area contributed by atoms with Crippen LogP contribution in [0.2, 0.25) is 0 Å². The van der Waals surface area contributed by atoms with Crippen LogP contribution < -0.4 is 5.32 Å². The lowest BCUT2D eigenvalue weighted by atomic mass is 9.80. The van der Waals surface area contributed by atoms with Crippen molar-refractivity contribution in [1.29, 1.82) is 0 Å². The first-order chi connectivity index (χ1) is 32.8. The maximum Gasteiger partial charge on any atom is 0.410 e. The molecule has 13 nitrogen and oxygen atoms in total. The van der Waals surface area contributed by atoms with Gasteiger partial charge in [0.1, 0.15) is 11.2 Å². The summed E-state index contributed by atoms with van der Waals surface area (Å²) in [6.07, 6.45) is 13.7. The number of aromatic nitrogens is 2. The van der Waals surface area contributed by atoms with Gasteiger partial charge in [-0.15, -0.1) is 0 Å². The van der Waals surface area contributed by atoms with E-state index in [0.717, 1.165) is 64.0 Å². The number of carbonyl (C=O) groups is 4. The molecule has 4 N–H and O–H groups in total. The van der Waals surface area contributed by atoms with E-state index in [9.17, 15) is 19.2 Å². The number of H-pyrrole nitrogens is 2. The molecule has 0 saturated heterocycles. The fourth-order valence-electron chi connectivity index (χ4n) is 11.5. The molecule has 0 bridgehead atoms. The lowest BCUT2D eigenvalue weighted by molar-refractivity contribution is -0.143. The number of nitrogens with zero attached hydrogens (tertiary/aromatic N) is 3. The van der Waals surface area contributed by atoms with Gasteiger partial charge in [-0.25, -0.2) is 9.59 Å². The van der Waals surface area contributed by atoms with Crippen LogP contribution in [0, 0.1) is 35.5 Å². The van der Waals surface area contributed by atoms with E-state index in [1.807, 2.05) is 48.6 Å². The second-order valence-corrected chi connectivity index (χ2v) is 23.2. The Bertz CT molecular complexity index is 2420. The van der Waals surface area contributed by atoms with Crippen molar-refractivity contribution in [2.24, 2.45) is 35.5 Å². The summed E-state index contributed by atoms with van der Waals surface area (Å²) in [4.78, 5) is 61.6. The zero-order valence-corrected chi connectivity index (χ0v) is 42.7. The van der Waals surface area contributed by atoms with E-state index < -0.39 is 17.2 Å². The van der Waals surface area contributed by atoms with Gasteiger partial charge in [0.2, 0.25) is 5.91 Å². The predicted molar refractivity (Wildman–Crippen MR) is 271 cm³/mol. The van der Waals surface area contributed by atoms with Crippen molar-refractivity contribution >= 4 is 45.9 Å². The molecule has 3 amide bonds. The van der Waals surface area contributed by atoms with Gasteiger partial charge < -0.3 is 44.6 Å². The number of nitrogens with one attached hydrogen (secondary N) is 3. The number of carbonyl (C=O) groups excluding carboxylic acids is 3. The Hall–Kier alpha value is -5.04. The van der Waals surface area contributed by atoms with Gasteiger partial charge in [-0.3, -0.25) is 9.59 Å². The topological polar surface area (TPSA) is 160 Å². The van der Waals surface area contributed by atoms with Crippen LogP contribution in [-0.4, -0.2) is 105 Å². The maximum absolute atomic E-state index is 13.7. The van der Waals surface area contributed by atoms with Crippen LogP contribution in [0.5, 0.6) is 0 Å². The molecule has 2 unspecified atom stereocenters. The molecule has 6 aliphatic rings. The molecule has 4 aliphatic carbocycles. The molecule has 69 heavy (non-hydrogen) atoms. The summed E-state index contributed by atoms with van der Waals surface area (Å²) in [7, 11) is 3.55. The van der Waals surface area contributed by atoms with Gasteiger partial charge in [0.15, 0.2) is 0 Å². The Morgan fingerprint density at radius 3 is 1.57 bits per heavy atom. The molecule has 4 fully saturated rings. The highest BCUT2D eigenvalue weighted by molar-refractivity contribution is 5.87. The Kier molecular flexibility index (Phi) is 15.4. The largest absolute Gasteiger partial charge is 0.481 e. The highest BCUT2D eigenvalue weighted by atomic mass is 16.6. The normalized spacial score (nSPS) is 24.7. The molecule has 2 aliphatic heterocycles. The van der Waals surface area contributed by atoms with E-state index in [1.54, 1.807) is 22.4 Å². The number of para-hydroxylation sites is 2. The van der Waals surface area contributed by atoms with Crippen LogP contribution in [0.15, 0.2) is 48.5 Å². The fourth-order valence-corrected chi connectivity index (χ4v) is 11.5. The Balaban J connectivity index is 0.000000154. The molecular formula is C56H80N6O7. The monoisotopic (exact) mass is 949 g/mol. The Morgan fingerprint density at radius 1 is 0.623 bits per heavy atom. The number of carboxylic acid groups (broad SMARTS) is 1. The van der Waals surface area contributed by atoms with Crippen molar-refractivity contribution in [1.82, 2.24) is 30.0 Å². The molecule has 10 rings (SSSR count). The summed E-state index contributed by atoms with van der Waals surface area (Å²) in [5, 5.41) is 15.4. The fraction of sp³-hybridized carbons (Fsp3) is 0.643. The molecule has 13 heteroatoms. The third-order valence-corrected chi connectivity index (χ3v) is 15.3. The van der Waals surface area contributed by atoms with Crippen molar-refractivity contribution in [2.75, 3.05) is 40.3 Å². The molecule has 376 valence electrons. The first-order valence-electron chi connectivity index (χ1n) is 26.2. The van der Waals surface area contributed by atoms with E-state index in [4.69, 9.17) is 14.6 Å². The number of rotatable bonds is 8. The number of hydrogen-bond acceptors (Lipinski definition) is 7. The second kappa shape index (κ2) is 21.1. The molecular weight excluding hydrogens is 869 g/mol.